The SMILES string of the molecule is O=C(NC1(CO)CC1)c1cccc2cccnc12. The lowest BCUT2D eigenvalue weighted by atomic mass is 10.1. The predicted octanol–water partition coefficient (Wildman–Crippen LogP) is 1.49. The van der Waals surface area contributed by atoms with Crippen molar-refractivity contribution < 1.29 is 9.90 Å². The van der Waals surface area contributed by atoms with E-state index in [2.05, 4.69) is 10.3 Å². The quantitative estimate of drug-likeness (QED) is 0.857. The molecule has 2 N–H and O–H groups in total. The van der Waals surface area contributed by atoms with Crippen LogP contribution in [0, 0.1) is 0 Å². The fraction of sp³-hybridized carbons (Fsp3) is 0.286. The highest BCUT2D eigenvalue weighted by Gasteiger charge is 2.43. The molecule has 0 saturated heterocycles. The summed E-state index contributed by atoms with van der Waals surface area (Å²) >= 11 is 0. The molecular weight excluding hydrogens is 228 g/mol. The highest BCUT2D eigenvalue weighted by molar-refractivity contribution is 6.05. The van der Waals surface area contributed by atoms with E-state index in [4.69, 9.17) is 0 Å². The molecule has 4 nitrogen and oxygen atoms in total. The Labute approximate surface area is 105 Å². The molecule has 0 unspecified atom stereocenters. The summed E-state index contributed by atoms with van der Waals surface area (Å²) in [6.45, 7) is -0.00304. The van der Waals surface area contributed by atoms with Crippen molar-refractivity contribution >= 4 is 16.8 Å². The zero-order valence-electron chi connectivity index (χ0n) is 9.89. The molecule has 1 aliphatic rings. The van der Waals surface area contributed by atoms with E-state index in [0.717, 1.165) is 18.2 Å². The number of hydrogen-bond donors (Lipinski definition) is 2. The predicted molar refractivity (Wildman–Crippen MR) is 68.3 cm³/mol. The van der Waals surface area contributed by atoms with Gasteiger partial charge in [0.1, 0.15) is 0 Å². The number of carbonyl (C=O) groups excluding carboxylic acids is 1. The number of rotatable bonds is 3. The molecule has 4 heteroatoms. The molecule has 1 aromatic carbocycles. The average molecular weight is 242 g/mol. The largest absolute Gasteiger partial charge is 0.394 e. The molecule has 1 saturated carbocycles. The molecule has 0 spiro atoms. The minimum atomic E-state index is -0.395. The molecule has 1 amide bonds. The van der Waals surface area contributed by atoms with Crippen LogP contribution in [0.4, 0.5) is 0 Å². The minimum absolute atomic E-state index is 0.00304. The number of carbonyl (C=O) groups is 1. The van der Waals surface area contributed by atoms with Crippen LogP contribution in [0.15, 0.2) is 36.5 Å². The van der Waals surface area contributed by atoms with Crippen molar-refractivity contribution in [2.45, 2.75) is 18.4 Å². The molecule has 0 aliphatic heterocycles. The van der Waals surface area contributed by atoms with E-state index >= 15 is 0 Å². The van der Waals surface area contributed by atoms with E-state index < -0.39 is 5.54 Å². The van der Waals surface area contributed by atoms with Crippen molar-refractivity contribution in [1.82, 2.24) is 10.3 Å². The number of amides is 1. The maximum Gasteiger partial charge on any atom is 0.254 e. The average Bonchev–Trinajstić information content (AvgIpc) is 3.18. The van der Waals surface area contributed by atoms with E-state index in [0.29, 0.717) is 11.1 Å². The smallest absolute Gasteiger partial charge is 0.254 e. The fourth-order valence-electron chi connectivity index (χ4n) is 2.07. The van der Waals surface area contributed by atoms with Gasteiger partial charge in [0, 0.05) is 11.6 Å². The fourth-order valence-corrected chi connectivity index (χ4v) is 2.07. The van der Waals surface area contributed by atoms with Crippen molar-refractivity contribution in [2.75, 3.05) is 6.61 Å². The number of nitrogens with zero attached hydrogens (tertiary/aromatic N) is 1. The Kier molecular flexibility index (Phi) is 2.52. The molecule has 0 radical (unpaired) electrons. The summed E-state index contributed by atoms with van der Waals surface area (Å²) in [6, 6.07) is 9.31. The summed E-state index contributed by atoms with van der Waals surface area (Å²) in [5.74, 6) is -0.161. The van der Waals surface area contributed by atoms with E-state index in [9.17, 15) is 9.90 Å². The van der Waals surface area contributed by atoms with Gasteiger partial charge in [-0.1, -0.05) is 18.2 Å². The van der Waals surface area contributed by atoms with Gasteiger partial charge in [-0.25, -0.2) is 0 Å². The van der Waals surface area contributed by atoms with E-state index in [1.54, 1.807) is 12.3 Å². The number of hydrogen-bond acceptors (Lipinski definition) is 3. The molecule has 1 heterocycles. The highest BCUT2D eigenvalue weighted by Crippen LogP contribution is 2.35. The summed E-state index contributed by atoms with van der Waals surface area (Å²) in [5.41, 5.74) is 0.868. The van der Waals surface area contributed by atoms with Crippen LogP contribution in [0.3, 0.4) is 0 Å². The number of aliphatic hydroxyl groups excluding tert-OH is 1. The van der Waals surface area contributed by atoms with Crippen LogP contribution >= 0.6 is 0 Å². The van der Waals surface area contributed by atoms with Crippen molar-refractivity contribution in [3.8, 4) is 0 Å². The molecule has 1 fully saturated rings. The molecule has 0 bridgehead atoms. The Morgan fingerprint density at radius 2 is 2.11 bits per heavy atom. The summed E-state index contributed by atoms with van der Waals surface area (Å²) in [4.78, 5) is 16.5. The van der Waals surface area contributed by atoms with Crippen LogP contribution in [0.1, 0.15) is 23.2 Å². The van der Waals surface area contributed by atoms with Crippen LogP contribution in [-0.4, -0.2) is 28.1 Å². The molecule has 92 valence electrons. The summed E-state index contributed by atoms with van der Waals surface area (Å²) < 4.78 is 0. The van der Waals surface area contributed by atoms with Gasteiger partial charge < -0.3 is 10.4 Å². The van der Waals surface area contributed by atoms with Crippen LogP contribution < -0.4 is 5.32 Å². The van der Waals surface area contributed by atoms with Gasteiger partial charge >= 0.3 is 0 Å². The standard InChI is InChI=1S/C14H14N2O2/c17-9-14(6-7-14)16-13(18)11-5-1-3-10-4-2-8-15-12(10)11/h1-5,8,17H,6-7,9H2,(H,16,18). The van der Waals surface area contributed by atoms with Gasteiger partial charge in [-0.05, 0) is 25.0 Å². The molecule has 0 atom stereocenters. The van der Waals surface area contributed by atoms with Crippen molar-refractivity contribution in [1.29, 1.82) is 0 Å². The zero-order valence-corrected chi connectivity index (χ0v) is 9.89. The van der Waals surface area contributed by atoms with Gasteiger partial charge in [-0.3, -0.25) is 9.78 Å². The van der Waals surface area contributed by atoms with E-state index in [1.807, 2.05) is 24.3 Å². The Bertz CT molecular complexity index is 600. The number of aromatic nitrogens is 1. The number of benzene rings is 1. The Balaban J connectivity index is 1.96. The van der Waals surface area contributed by atoms with Crippen LogP contribution in [0.25, 0.3) is 10.9 Å². The van der Waals surface area contributed by atoms with E-state index in [-0.39, 0.29) is 12.5 Å². The maximum atomic E-state index is 12.2. The first-order chi connectivity index (χ1) is 8.74. The van der Waals surface area contributed by atoms with Gasteiger partial charge in [-0.2, -0.15) is 0 Å². The second-order valence-corrected chi connectivity index (χ2v) is 4.77. The Morgan fingerprint density at radius 1 is 1.33 bits per heavy atom. The van der Waals surface area contributed by atoms with Gasteiger partial charge in [-0.15, -0.1) is 0 Å². The van der Waals surface area contributed by atoms with Crippen LogP contribution in [-0.2, 0) is 0 Å². The monoisotopic (exact) mass is 242 g/mol. The normalized spacial score (nSPS) is 16.5. The van der Waals surface area contributed by atoms with Gasteiger partial charge in [0.15, 0.2) is 0 Å². The van der Waals surface area contributed by atoms with Crippen LogP contribution in [0.5, 0.6) is 0 Å². The third-order valence-electron chi connectivity index (χ3n) is 3.41. The molecule has 2 aromatic rings. The first-order valence-corrected chi connectivity index (χ1v) is 6.01. The third kappa shape index (κ3) is 1.84. The van der Waals surface area contributed by atoms with Gasteiger partial charge in [0.25, 0.3) is 5.91 Å². The van der Waals surface area contributed by atoms with Crippen molar-refractivity contribution in [2.24, 2.45) is 0 Å². The molecule has 1 aliphatic carbocycles. The lowest BCUT2D eigenvalue weighted by molar-refractivity contribution is 0.0908. The van der Waals surface area contributed by atoms with Crippen LogP contribution in [0.2, 0.25) is 0 Å². The first-order valence-electron chi connectivity index (χ1n) is 6.01. The number of fused-ring (bicyclic) bond motifs is 1. The maximum absolute atomic E-state index is 12.2. The van der Waals surface area contributed by atoms with Gasteiger partial charge in [0.2, 0.25) is 0 Å². The number of nitrogens with one attached hydrogen (secondary N) is 1. The lowest BCUT2D eigenvalue weighted by Gasteiger charge is -2.14. The zero-order chi connectivity index (χ0) is 12.6. The van der Waals surface area contributed by atoms with Crippen molar-refractivity contribution in [3.05, 3.63) is 42.1 Å². The Morgan fingerprint density at radius 3 is 2.83 bits per heavy atom. The third-order valence-corrected chi connectivity index (χ3v) is 3.41. The first kappa shape index (κ1) is 11.2. The van der Waals surface area contributed by atoms with Crippen molar-refractivity contribution in [3.63, 3.8) is 0 Å². The second-order valence-electron chi connectivity index (χ2n) is 4.77. The molecule has 1 aromatic heterocycles. The summed E-state index contributed by atoms with van der Waals surface area (Å²) in [5, 5.41) is 13.1. The minimum Gasteiger partial charge on any atom is -0.394 e. The molecule has 18 heavy (non-hydrogen) atoms. The molecular formula is C14H14N2O2. The second kappa shape index (κ2) is 4.07. The summed E-state index contributed by atoms with van der Waals surface area (Å²) in [6.07, 6.45) is 3.36. The lowest BCUT2D eigenvalue weighted by Crippen LogP contribution is -2.39. The Hall–Kier alpha value is -1.94. The number of pyridine rings is 1. The number of aliphatic hydroxyl groups is 1. The topological polar surface area (TPSA) is 62.2 Å². The highest BCUT2D eigenvalue weighted by atomic mass is 16.3. The summed E-state index contributed by atoms with van der Waals surface area (Å²) in [7, 11) is 0. The van der Waals surface area contributed by atoms with Gasteiger partial charge in [0.05, 0.1) is 23.2 Å². The molecule has 3 rings (SSSR count). The number of para-hydroxylation sites is 1. The van der Waals surface area contributed by atoms with E-state index in [1.165, 1.54) is 0 Å².